The van der Waals surface area contributed by atoms with Crippen molar-refractivity contribution < 1.29 is 4.74 Å². The van der Waals surface area contributed by atoms with Gasteiger partial charge in [-0.2, -0.15) is 0 Å². The molecule has 1 aromatic rings. The molecule has 0 aliphatic carbocycles. The summed E-state index contributed by atoms with van der Waals surface area (Å²) < 4.78 is 6.11. The molecule has 4 heteroatoms. The molecule has 0 radical (unpaired) electrons. The highest BCUT2D eigenvalue weighted by Crippen LogP contribution is 2.26. The molecule has 0 saturated heterocycles. The molecule has 0 aliphatic rings. The zero-order valence-electron chi connectivity index (χ0n) is 6.84. The fourth-order valence-corrected chi connectivity index (χ4v) is 1.20. The van der Waals surface area contributed by atoms with Gasteiger partial charge >= 0.3 is 0 Å². The fourth-order valence-electron chi connectivity index (χ4n) is 0.741. The highest BCUT2D eigenvalue weighted by molar-refractivity contribution is 9.10. The van der Waals surface area contributed by atoms with E-state index in [4.69, 9.17) is 16.3 Å². The lowest BCUT2D eigenvalue weighted by molar-refractivity contribution is 0.239. The van der Waals surface area contributed by atoms with Crippen LogP contribution in [0.1, 0.15) is 13.8 Å². The van der Waals surface area contributed by atoms with Gasteiger partial charge in [-0.25, -0.2) is 4.98 Å². The minimum atomic E-state index is 0.126. The van der Waals surface area contributed by atoms with Crippen molar-refractivity contribution in [3.8, 4) is 5.75 Å². The first kappa shape index (κ1) is 9.81. The van der Waals surface area contributed by atoms with Gasteiger partial charge in [-0.1, -0.05) is 11.6 Å². The SMILES string of the molecule is CC(C)Oc1cc(Cl)cnc1Br. The van der Waals surface area contributed by atoms with Crippen molar-refractivity contribution in [2.75, 3.05) is 0 Å². The van der Waals surface area contributed by atoms with E-state index in [1.807, 2.05) is 13.8 Å². The molecule has 0 aliphatic heterocycles. The van der Waals surface area contributed by atoms with E-state index >= 15 is 0 Å². The van der Waals surface area contributed by atoms with Gasteiger partial charge in [0.25, 0.3) is 0 Å². The zero-order valence-corrected chi connectivity index (χ0v) is 9.19. The van der Waals surface area contributed by atoms with Crippen molar-refractivity contribution in [3.63, 3.8) is 0 Å². The minimum absolute atomic E-state index is 0.126. The monoisotopic (exact) mass is 249 g/mol. The van der Waals surface area contributed by atoms with E-state index in [0.29, 0.717) is 15.4 Å². The molecule has 0 unspecified atom stereocenters. The van der Waals surface area contributed by atoms with E-state index < -0.39 is 0 Å². The molecule has 0 saturated carbocycles. The standard InChI is InChI=1S/C8H9BrClNO/c1-5(2)12-7-3-6(10)4-11-8(7)9/h3-5H,1-2H3. The van der Waals surface area contributed by atoms with E-state index in [0.717, 1.165) is 0 Å². The van der Waals surface area contributed by atoms with Gasteiger partial charge < -0.3 is 4.74 Å². The van der Waals surface area contributed by atoms with Crippen LogP contribution in [0.25, 0.3) is 0 Å². The van der Waals surface area contributed by atoms with Crippen LogP contribution in [0.4, 0.5) is 0 Å². The number of ether oxygens (including phenoxy) is 1. The third kappa shape index (κ3) is 2.64. The van der Waals surface area contributed by atoms with Crippen molar-refractivity contribution in [2.24, 2.45) is 0 Å². The molecule has 2 nitrogen and oxygen atoms in total. The molecular formula is C8H9BrClNO. The first-order valence-corrected chi connectivity index (χ1v) is 4.74. The molecule has 0 N–H and O–H groups in total. The maximum Gasteiger partial charge on any atom is 0.153 e. The van der Waals surface area contributed by atoms with Crippen LogP contribution in [-0.2, 0) is 0 Å². The van der Waals surface area contributed by atoms with E-state index in [-0.39, 0.29) is 6.10 Å². The first-order valence-electron chi connectivity index (χ1n) is 3.57. The van der Waals surface area contributed by atoms with Crippen molar-refractivity contribution in [2.45, 2.75) is 20.0 Å². The summed E-state index contributed by atoms with van der Waals surface area (Å²) in [6.07, 6.45) is 1.69. The quantitative estimate of drug-likeness (QED) is 0.752. The van der Waals surface area contributed by atoms with Crippen LogP contribution in [0.5, 0.6) is 5.75 Å². The lowest BCUT2D eigenvalue weighted by Crippen LogP contribution is -2.06. The molecule has 1 aromatic heterocycles. The van der Waals surface area contributed by atoms with Crippen molar-refractivity contribution >= 4 is 27.5 Å². The summed E-state index contributed by atoms with van der Waals surface area (Å²) in [7, 11) is 0. The van der Waals surface area contributed by atoms with Crippen LogP contribution in [0.15, 0.2) is 16.9 Å². The molecular weight excluding hydrogens is 241 g/mol. The molecule has 0 aromatic carbocycles. The predicted molar refractivity (Wildman–Crippen MR) is 52.7 cm³/mol. The number of hydrogen-bond donors (Lipinski definition) is 0. The van der Waals surface area contributed by atoms with Gasteiger partial charge in [-0.15, -0.1) is 0 Å². The lowest BCUT2D eigenvalue weighted by atomic mass is 10.4. The first-order chi connectivity index (χ1) is 5.59. The largest absolute Gasteiger partial charge is 0.488 e. The maximum absolute atomic E-state index is 5.74. The van der Waals surface area contributed by atoms with Crippen molar-refractivity contribution in [1.82, 2.24) is 4.98 Å². The average Bonchev–Trinajstić information content (AvgIpc) is 1.96. The van der Waals surface area contributed by atoms with Crippen LogP contribution in [0, 0.1) is 0 Å². The Balaban J connectivity index is 2.90. The van der Waals surface area contributed by atoms with Crippen LogP contribution >= 0.6 is 27.5 Å². The summed E-state index contributed by atoms with van der Waals surface area (Å²) in [5.74, 6) is 0.678. The summed E-state index contributed by atoms with van der Waals surface area (Å²) in [6.45, 7) is 3.90. The minimum Gasteiger partial charge on any atom is -0.488 e. The van der Waals surface area contributed by atoms with Crippen LogP contribution in [0.2, 0.25) is 5.02 Å². The highest BCUT2D eigenvalue weighted by atomic mass is 79.9. The number of halogens is 2. The third-order valence-corrected chi connectivity index (χ3v) is 1.94. The molecule has 12 heavy (non-hydrogen) atoms. The van der Waals surface area contributed by atoms with Gasteiger partial charge in [0, 0.05) is 12.3 Å². The molecule has 1 heterocycles. The second kappa shape index (κ2) is 4.10. The zero-order chi connectivity index (χ0) is 9.14. The summed E-state index contributed by atoms with van der Waals surface area (Å²) in [5.41, 5.74) is 0. The maximum atomic E-state index is 5.74. The van der Waals surface area contributed by atoms with Gasteiger partial charge in [0.05, 0.1) is 11.1 Å². The predicted octanol–water partition coefficient (Wildman–Crippen LogP) is 3.28. The molecule has 0 spiro atoms. The number of aromatic nitrogens is 1. The second-order valence-corrected chi connectivity index (χ2v) is 3.80. The number of pyridine rings is 1. The van der Waals surface area contributed by atoms with Gasteiger partial charge in [0.2, 0.25) is 0 Å². The number of hydrogen-bond acceptors (Lipinski definition) is 2. The second-order valence-electron chi connectivity index (χ2n) is 2.61. The average molecular weight is 251 g/mol. The summed E-state index contributed by atoms with van der Waals surface area (Å²) in [6, 6.07) is 1.73. The normalized spacial score (nSPS) is 10.4. The Labute approximate surface area is 85.0 Å². The summed E-state index contributed by atoms with van der Waals surface area (Å²) in [4.78, 5) is 3.99. The molecule has 0 fully saturated rings. The Morgan fingerprint density at radius 1 is 1.58 bits per heavy atom. The van der Waals surface area contributed by atoms with Crippen LogP contribution in [-0.4, -0.2) is 11.1 Å². The van der Waals surface area contributed by atoms with Crippen LogP contribution < -0.4 is 4.74 Å². The van der Waals surface area contributed by atoms with Crippen LogP contribution in [0.3, 0.4) is 0 Å². The highest BCUT2D eigenvalue weighted by Gasteiger charge is 2.04. The lowest BCUT2D eigenvalue weighted by Gasteiger charge is -2.10. The fraction of sp³-hybridized carbons (Fsp3) is 0.375. The Morgan fingerprint density at radius 3 is 2.83 bits per heavy atom. The van der Waals surface area contributed by atoms with Gasteiger partial charge in [-0.3, -0.25) is 0 Å². The molecule has 66 valence electrons. The molecule has 0 amide bonds. The summed E-state index contributed by atoms with van der Waals surface area (Å²) in [5, 5.41) is 0.578. The number of rotatable bonds is 2. The third-order valence-electron chi connectivity index (χ3n) is 1.14. The Kier molecular flexibility index (Phi) is 3.35. The van der Waals surface area contributed by atoms with Gasteiger partial charge in [0.15, 0.2) is 5.75 Å². The smallest absolute Gasteiger partial charge is 0.153 e. The topological polar surface area (TPSA) is 22.1 Å². The summed E-state index contributed by atoms with van der Waals surface area (Å²) >= 11 is 9.00. The van der Waals surface area contributed by atoms with E-state index in [1.54, 1.807) is 12.3 Å². The van der Waals surface area contributed by atoms with Crippen molar-refractivity contribution in [1.29, 1.82) is 0 Å². The van der Waals surface area contributed by atoms with Crippen molar-refractivity contribution in [3.05, 3.63) is 21.9 Å². The Morgan fingerprint density at radius 2 is 2.25 bits per heavy atom. The Hall–Kier alpha value is -0.280. The molecule has 1 rings (SSSR count). The molecule has 0 bridgehead atoms. The van der Waals surface area contributed by atoms with E-state index in [1.165, 1.54) is 0 Å². The molecule has 0 atom stereocenters. The van der Waals surface area contributed by atoms with E-state index in [9.17, 15) is 0 Å². The van der Waals surface area contributed by atoms with Gasteiger partial charge in [0.1, 0.15) is 4.60 Å². The Bertz CT molecular complexity index is 278. The van der Waals surface area contributed by atoms with E-state index in [2.05, 4.69) is 20.9 Å². The number of nitrogens with zero attached hydrogens (tertiary/aromatic N) is 1. The van der Waals surface area contributed by atoms with Gasteiger partial charge in [-0.05, 0) is 29.8 Å².